The molecule has 0 spiro atoms. The molecule has 1 saturated heterocycles. The zero-order valence-electron chi connectivity index (χ0n) is 10.6. The topological polar surface area (TPSA) is 49.6 Å². The van der Waals surface area contributed by atoms with E-state index in [1.54, 1.807) is 34.1 Å². The van der Waals surface area contributed by atoms with Gasteiger partial charge in [-0.1, -0.05) is 0 Å². The molecule has 1 aromatic rings. The van der Waals surface area contributed by atoms with Crippen molar-refractivity contribution in [3.05, 3.63) is 29.8 Å². The van der Waals surface area contributed by atoms with Gasteiger partial charge >= 0.3 is 0 Å². The van der Waals surface area contributed by atoms with E-state index in [2.05, 4.69) is 0 Å². The van der Waals surface area contributed by atoms with Gasteiger partial charge in [0.25, 0.3) is 12.3 Å². The Kier molecular flexibility index (Phi) is 4.31. The van der Waals surface area contributed by atoms with Crippen LogP contribution in [0.4, 0.5) is 14.5 Å². The van der Waals surface area contributed by atoms with Gasteiger partial charge < -0.3 is 10.6 Å². The fourth-order valence-electron chi connectivity index (χ4n) is 2.14. The number of benzene rings is 1. The molecular formula is C13H17F2N3O. The van der Waals surface area contributed by atoms with E-state index in [0.717, 1.165) is 0 Å². The van der Waals surface area contributed by atoms with E-state index in [9.17, 15) is 13.6 Å². The van der Waals surface area contributed by atoms with Crippen LogP contribution in [0.5, 0.6) is 0 Å². The lowest BCUT2D eigenvalue weighted by Gasteiger charge is -2.34. The molecule has 1 aliphatic heterocycles. The number of nitrogens with two attached hydrogens (primary N) is 1. The van der Waals surface area contributed by atoms with E-state index >= 15 is 0 Å². The molecule has 104 valence electrons. The standard InChI is InChI=1S/C13H17F2N3O/c14-12(15)9-17-5-7-18(8-6-17)13(19)10-1-3-11(16)4-2-10/h1-4,12H,5-9,16H2. The number of nitrogen functional groups attached to an aromatic ring is 1. The molecule has 0 aliphatic carbocycles. The van der Waals surface area contributed by atoms with Gasteiger partial charge in [0.05, 0.1) is 6.54 Å². The first kappa shape index (κ1) is 13.7. The zero-order valence-corrected chi connectivity index (χ0v) is 10.6. The van der Waals surface area contributed by atoms with E-state index in [1.807, 2.05) is 0 Å². The van der Waals surface area contributed by atoms with Crippen molar-refractivity contribution in [3.63, 3.8) is 0 Å². The molecule has 0 aromatic heterocycles. The highest BCUT2D eigenvalue weighted by Gasteiger charge is 2.23. The molecule has 1 heterocycles. The Morgan fingerprint density at radius 3 is 2.26 bits per heavy atom. The summed E-state index contributed by atoms with van der Waals surface area (Å²) in [4.78, 5) is 15.5. The van der Waals surface area contributed by atoms with E-state index in [0.29, 0.717) is 37.4 Å². The summed E-state index contributed by atoms with van der Waals surface area (Å²) in [6, 6.07) is 6.73. The van der Waals surface area contributed by atoms with Crippen molar-refractivity contribution in [1.82, 2.24) is 9.80 Å². The first-order valence-corrected chi connectivity index (χ1v) is 6.21. The minimum Gasteiger partial charge on any atom is -0.399 e. The van der Waals surface area contributed by atoms with Crippen LogP contribution in [-0.4, -0.2) is 54.9 Å². The maximum absolute atomic E-state index is 12.2. The van der Waals surface area contributed by atoms with Crippen LogP contribution in [-0.2, 0) is 0 Å². The summed E-state index contributed by atoms with van der Waals surface area (Å²) < 4.78 is 24.5. The van der Waals surface area contributed by atoms with E-state index in [1.165, 1.54) is 0 Å². The number of hydrogen-bond acceptors (Lipinski definition) is 3. The normalized spacial score (nSPS) is 16.9. The molecule has 1 amide bonds. The Balaban J connectivity index is 1.90. The Morgan fingerprint density at radius 2 is 1.74 bits per heavy atom. The summed E-state index contributed by atoms with van der Waals surface area (Å²) in [5.74, 6) is -0.0725. The predicted octanol–water partition coefficient (Wildman–Crippen LogP) is 1.29. The highest BCUT2D eigenvalue weighted by atomic mass is 19.3. The molecule has 6 heteroatoms. The van der Waals surface area contributed by atoms with Crippen LogP contribution in [0, 0.1) is 0 Å². The fraction of sp³-hybridized carbons (Fsp3) is 0.462. The van der Waals surface area contributed by atoms with Crippen LogP contribution in [0.1, 0.15) is 10.4 Å². The average molecular weight is 269 g/mol. The Morgan fingerprint density at radius 1 is 1.16 bits per heavy atom. The minimum absolute atomic E-state index is 0.0725. The third-order valence-corrected chi connectivity index (χ3v) is 3.21. The lowest BCUT2D eigenvalue weighted by Crippen LogP contribution is -2.49. The van der Waals surface area contributed by atoms with Crippen molar-refractivity contribution >= 4 is 11.6 Å². The molecule has 1 fully saturated rings. The maximum Gasteiger partial charge on any atom is 0.253 e. The van der Waals surface area contributed by atoms with Crippen molar-refractivity contribution in [2.75, 3.05) is 38.5 Å². The van der Waals surface area contributed by atoms with Crippen LogP contribution >= 0.6 is 0 Å². The van der Waals surface area contributed by atoms with Gasteiger partial charge in [0.15, 0.2) is 0 Å². The molecule has 1 aromatic carbocycles. The predicted molar refractivity (Wildman–Crippen MR) is 69.2 cm³/mol. The number of carbonyl (C=O) groups excluding carboxylic acids is 1. The average Bonchev–Trinajstić information content (AvgIpc) is 2.39. The molecule has 2 N–H and O–H groups in total. The Bertz CT molecular complexity index is 428. The first-order valence-electron chi connectivity index (χ1n) is 6.21. The number of hydrogen-bond donors (Lipinski definition) is 1. The van der Waals surface area contributed by atoms with Crippen molar-refractivity contribution in [3.8, 4) is 0 Å². The molecule has 1 aliphatic rings. The van der Waals surface area contributed by atoms with Gasteiger partial charge in [-0.15, -0.1) is 0 Å². The number of carbonyl (C=O) groups is 1. The van der Waals surface area contributed by atoms with Crippen molar-refractivity contribution < 1.29 is 13.6 Å². The van der Waals surface area contributed by atoms with Crippen molar-refractivity contribution in [1.29, 1.82) is 0 Å². The molecule has 19 heavy (non-hydrogen) atoms. The summed E-state index contributed by atoms with van der Waals surface area (Å²) >= 11 is 0. The Hall–Kier alpha value is -1.69. The highest BCUT2D eigenvalue weighted by molar-refractivity contribution is 5.94. The largest absolute Gasteiger partial charge is 0.399 e. The van der Waals surface area contributed by atoms with Crippen LogP contribution in [0.3, 0.4) is 0 Å². The van der Waals surface area contributed by atoms with Crippen LogP contribution in [0.15, 0.2) is 24.3 Å². The smallest absolute Gasteiger partial charge is 0.253 e. The minimum atomic E-state index is -2.32. The molecule has 0 saturated carbocycles. The molecule has 2 rings (SSSR count). The molecular weight excluding hydrogens is 252 g/mol. The van der Waals surface area contributed by atoms with Crippen LogP contribution in [0.2, 0.25) is 0 Å². The van der Waals surface area contributed by atoms with E-state index in [4.69, 9.17) is 5.73 Å². The second kappa shape index (κ2) is 5.97. The quantitative estimate of drug-likeness (QED) is 0.841. The van der Waals surface area contributed by atoms with Gasteiger partial charge in [0.1, 0.15) is 0 Å². The third kappa shape index (κ3) is 3.64. The molecule has 0 bridgehead atoms. The second-order valence-corrected chi connectivity index (χ2v) is 4.61. The summed E-state index contributed by atoms with van der Waals surface area (Å²) in [5, 5.41) is 0. The lowest BCUT2D eigenvalue weighted by molar-refractivity contribution is 0.0459. The molecule has 0 atom stereocenters. The second-order valence-electron chi connectivity index (χ2n) is 4.61. The lowest BCUT2D eigenvalue weighted by atomic mass is 10.1. The number of alkyl halides is 2. The van der Waals surface area contributed by atoms with E-state index < -0.39 is 6.43 Å². The number of rotatable bonds is 3. The van der Waals surface area contributed by atoms with E-state index in [-0.39, 0.29) is 12.5 Å². The van der Waals surface area contributed by atoms with Gasteiger partial charge in [0, 0.05) is 37.4 Å². The van der Waals surface area contributed by atoms with Crippen molar-refractivity contribution in [2.24, 2.45) is 0 Å². The van der Waals surface area contributed by atoms with Gasteiger partial charge in [-0.25, -0.2) is 8.78 Å². The first-order chi connectivity index (χ1) is 9.06. The molecule has 0 unspecified atom stereocenters. The maximum atomic E-state index is 12.2. The number of amides is 1. The summed E-state index contributed by atoms with van der Waals surface area (Å²) in [6.45, 7) is 1.73. The monoisotopic (exact) mass is 269 g/mol. The zero-order chi connectivity index (χ0) is 13.8. The van der Waals surface area contributed by atoms with Crippen molar-refractivity contribution in [2.45, 2.75) is 6.43 Å². The van der Waals surface area contributed by atoms with Gasteiger partial charge in [-0.05, 0) is 24.3 Å². The third-order valence-electron chi connectivity index (χ3n) is 3.21. The summed E-state index contributed by atoms with van der Waals surface area (Å²) in [5.41, 5.74) is 6.76. The van der Waals surface area contributed by atoms with Gasteiger partial charge in [0.2, 0.25) is 0 Å². The number of halogens is 2. The SMILES string of the molecule is Nc1ccc(C(=O)N2CCN(CC(F)F)CC2)cc1. The Labute approximate surface area is 110 Å². The van der Waals surface area contributed by atoms with Crippen LogP contribution in [0.25, 0.3) is 0 Å². The molecule has 4 nitrogen and oxygen atoms in total. The fourth-order valence-corrected chi connectivity index (χ4v) is 2.14. The van der Waals surface area contributed by atoms with Gasteiger partial charge in [-0.3, -0.25) is 9.69 Å². The molecule has 0 radical (unpaired) electrons. The highest BCUT2D eigenvalue weighted by Crippen LogP contribution is 2.11. The summed E-state index contributed by atoms with van der Waals surface area (Å²) in [6.07, 6.45) is -2.32. The number of nitrogens with zero attached hydrogens (tertiary/aromatic N) is 2. The number of piperazine rings is 1. The number of anilines is 1. The van der Waals surface area contributed by atoms with Crippen LogP contribution < -0.4 is 5.73 Å². The summed E-state index contributed by atoms with van der Waals surface area (Å²) in [7, 11) is 0. The van der Waals surface area contributed by atoms with Gasteiger partial charge in [-0.2, -0.15) is 0 Å².